The maximum Gasteiger partial charge on any atom is 0.242 e. The number of para-hydroxylation sites is 1. The Hall–Kier alpha value is -3.94. The number of carbonyl (C=O) groups is 1. The Morgan fingerprint density at radius 2 is 1.86 bits per heavy atom. The number of nitrogens with zero attached hydrogens (tertiary/aromatic N) is 4. The molecule has 8 heteroatoms. The highest BCUT2D eigenvalue weighted by Crippen LogP contribution is 2.21. The van der Waals surface area contributed by atoms with Crippen molar-refractivity contribution in [3.63, 3.8) is 0 Å². The number of ether oxygens (including phenoxy) is 1. The van der Waals surface area contributed by atoms with Crippen LogP contribution in [0.2, 0.25) is 0 Å². The first-order valence-electron chi connectivity index (χ1n) is 8.66. The summed E-state index contributed by atoms with van der Waals surface area (Å²) in [6.07, 6.45) is 3.33. The predicted octanol–water partition coefficient (Wildman–Crippen LogP) is 2.51. The van der Waals surface area contributed by atoms with E-state index in [1.807, 2.05) is 54.6 Å². The molecule has 0 aliphatic rings. The van der Waals surface area contributed by atoms with Crippen LogP contribution in [0.4, 0.5) is 5.82 Å². The first-order chi connectivity index (χ1) is 13.7. The van der Waals surface area contributed by atoms with E-state index in [2.05, 4.69) is 25.9 Å². The summed E-state index contributed by atoms with van der Waals surface area (Å²) in [5.74, 6) is 1.05. The molecule has 0 saturated carbocycles. The molecule has 0 spiro atoms. The summed E-state index contributed by atoms with van der Waals surface area (Å²) in [7, 11) is 1.61. The molecule has 0 aliphatic heterocycles. The minimum atomic E-state index is -0.188. The minimum absolute atomic E-state index is 0.188. The fraction of sp³-hybridized carbons (Fsp3) is 0.100. The number of aromatic nitrogens is 4. The first kappa shape index (κ1) is 17.5. The third kappa shape index (κ3) is 3.61. The van der Waals surface area contributed by atoms with Crippen molar-refractivity contribution in [2.45, 2.75) is 6.42 Å². The van der Waals surface area contributed by atoms with Crippen LogP contribution in [-0.2, 0) is 11.2 Å². The fourth-order valence-corrected chi connectivity index (χ4v) is 2.80. The second-order valence-corrected chi connectivity index (χ2v) is 6.05. The second-order valence-electron chi connectivity index (χ2n) is 6.05. The Kier molecular flexibility index (Phi) is 4.83. The third-order valence-corrected chi connectivity index (χ3v) is 4.21. The van der Waals surface area contributed by atoms with Gasteiger partial charge in [-0.05, 0) is 29.8 Å². The van der Waals surface area contributed by atoms with Gasteiger partial charge in [-0.15, -0.1) is 0 Å². The van der Waals surface area contributed by atoms with Gasteiger partial charge >= 0.3 is 0 Å². The van der Waals surface area contributed by atoms with Crippen LogP contribution in [0.5, 0.6) is 5.75 Å². The lowest BCUT2D eigenvalue weighted by molar-refractivity contribution is -0.119. The van der Waals surface area contributed by atoms with Crippen LogP contribution in [-0.4, -0.2) is 32.8 Å². The minimum Gasteiger partial charge on any atom is -0.497 e. The van der Waals surface area contributed by atoms with Gasteiger partial charge in [0.05, 0.1) is 30.8 Å². The largest absolute Gasteiger partial charge is 0.497 e. The zero-order chi connectivity index (χ0) is 19.3. The zero-order valence-corrected chi connectivity index (χ0v) is 15.2. The number of methoxy groups -OCH3 is 1. The number of carbonyl (C=O) groups excluding carboxylic acids is 1. The van der Waals surface area contributed by atoms with E-state index in [9.17, 15) is 4.79 Å². The molecule has 0 unspecified atom stereocenters. The van der Waals surface area contributed by atoms with Gasteiger partial charge < -0.3 is 4.74 Å². The summed E-state index contributed by atoms with van der Waals surface area (Å²) in [6, 6.07) is 17.0. The van der Waals surface area contributed by atoms with Gasteiger partial charge in [-0.3, -0.25) is 15.6 Å². The molecule has 1 amide bonds. The highest BCUT2D eigenvalue weighted by molar-refractivity contribution is 5.88. The summed E-state index contributed by atoms with van der Waals surface area (Å²) < 4.78 is 6.84. The van der Waals surface area contributed by atoms with E-state index in [1.54, 1.807) is 18.0 Å². The Labute approximate surface area is 161 Å². The van der Waals surface area contributed by atoms with Gasteiger partial charge in [-0.25, -0.2) is 14.6 Å². The molecule has 2 aromatic carbocycles. The highest BCUT2D eigenvalue weighted by Gasteiger charge is 2.12. The first-order valence-corrected chi connectivity index (χ1v) is 8.66. The van der Waals surface area contributed by atoms with Gasteiger partial charge in [0.25, 0.3) is 0 Å². The van der Waals surface area contributed by atoms with Crippen molar-refractivity contribution >= 4 is 22.8 Å². The van der Waals surface area contributed by atoms with Crippen LogP contribution in [0.3, 0.4) is 0 Å². The molecule has 2 aromatic heterocycles. The monoisotopic (exact) mass is 374 g/mol. The number of nitrogens with one attached hydrogen (secondary N) is 2. The van der Waals surface area contributed by atoms with Crippen LogP contribution in [0, 0.1) is 0 Å². The number of hydrogen-bond donors (Lipinski definition) is 2. The van der Waals surface area contributed by atoms with Crippen molar-refractivity contribution in [3.8, 4) is 11.4 Å². The predicted molar refractivity (Wildman–Crippen MR) is 105 cm³/mol. The molecule has 2 N–H and O–H groups in total. The average molecular weight is 374 g/mol. The molecule has 0 aliphatic carbocycles. The van der Waals surface area contributed by atoms with Gasteiger partial charge in [0.1, 0.15) is 12.1 Å². The molecule has 0 saturated heterocycles. The number of anilines is 1. The zero-order valence-electron chi connectivity index (χ0n) is 15.2. The summed E-state index contributed by atoms with van der Waals surface area (Å²) in [5, 5.41) is 5.09. The van der Waals surface area contributed by atoms with Crippen LogP contribution in [0.15, 0.2) is 67.1 Å². The van der Waals surface area contributed by atoms with E-state index in [4.69, 9.17) is 4.74 Å². The number of rotatable bonds is 6. The van der Waals surface area contributed by atoms with Crippen molar-refractivity contribution in [3.05, 3.63) is 72.7 Å². The molecule has 0 fully saturated rings. The molecule has 4 aromatic rings. The number of hydrazine groups is 1. The number of fused-ring (bicyclic) bond motifs is 1. The molecule has 0 radical (unpaired) electrons. The van der Waals surface area contributed by atoms with E-state index >= 15 is 0 Å². The Bertz CT molecular complexity index is 1090. The quantitative estimate of drug-likeness (QED) is 0.504. The van der Waals surface area contributed by atoms with Gasteiger partial charge in [0.15, 0.2) is 11.5 Å². The van der Waals surface area contributed by atoms with Gasteiger partial charge in [-0.1, -0.05) is 30.3 Å². The van der Waals surface area contributed by atoms with Crippen LogP contribution >= 0.6 is 0 Å². The van der Waals surface area contributed by atoms with Gasteiger partial charge in [0, 0.05) is 0 Å². The van der Waals surface area contributed by atoms with Crippen molar-refractivity contribution in [2.75, 3.05) is 12.5 Å². The molecule has 4 rings (SSSR count). The number of benzene rings is 2. The van der Waals surface area contributed by atoms with Gasteiger partial charge in [-0.2, -0.15) is 5.10 Å². The van der Waals surface area contributed by atoms with E-state index in [0.717, 1.165) is 17.0 Å². The summed E-state index contributed by atoms with van der Waals surface area (Å²) >= 11 is 0. The molecule has 0 bridgehead atoms. The SMILES string of the molecule is COc1ccc(CC(=O)NNc2ncnc3c2cnn3-c2ccccc2)cc1. The van der Waals surface area contributed by atoms with Crippen molar-refractivity contribution in [1.82, 2.24) is 25.2 Å². The smallest absolute Gasteiger partial charge is 0.242 e. The second kappa shape index (κ2) is 7.75. The topological polar surface area (TPSA) is 94.0 Å². The van der Waals surface area contributed by atoms with E-state index in [1.165, 1.54) is 6.33 Å². The maximum atomic E-state index is 12.2. The van der Waals surface area contributed by atoms with E-state index < -0.39 is 0 Å². The molecular weight excluding hydrogens is 356 g/mol. The van der Waals surface area contributed by atoms with E-state index in [0.29, 0.717) is 16.9 Å². The lowest BCUT2D eigenvalue weighted by atomic mass is 10.1. The lowest BCUT2D eigenvalue weighted by Gasteiger charge is -2.09. The Balaban J connectivity index is 1.47. The van der Waals surface area contributed by atoms with E-state index in [-0.39, 0.29) is 12.3 Å². The van der Waals surface area contributed by atoms with Gasteiger partial charge in [0.2, 0.25) is 5.91 Å². The standard InChI is InChI=1S/C20H18N6O2/c1-28-16-9-7-14(8-10-16)11-18(27)24-25-19-17-12-23-26(20(17)22-13-21-19)15-5-3-2-4-6-15/h2-10,12-13H,11H2,1H3,(H,24,27)(H,21,22,25). The normalized spacial score (nSPS) is 10.6. The van der Waals surface area contributed by atoms with Crippen molar-refractivity contribution < 1.29 is 9.53 Å². The highest BCUT2D eigenvalue weighted by atomic mass is 16.5. The molecule has 0 atom stereocenters. The fourth-order valence-electron chi connectivity index (χ4n) is 2.80. The maximum absolute atomic E-state index is 12.2. The summed E-state index contributed by atoms with van der Waals surface area (Å²) in [4.78, 5) is 20.8. The lowest BCUT2D eigenvalue weighted by Crippen LogP contribution is -2.31. The number of amides is 1. The molecular formula is C20H18N6O2. The van der Waals surface area contributed by atoms with Crippen LogP contribution < -0.4 is 15.6 Å². The molecule has 8 nitrogen and oxygen atoms in total. The summed E-state index contributed by atoms with van der Waals surface area (Å²) in [5.41, 5.74) is 7.96. The molecule has 28 heavy (non-hydrogen) atoms. The molecule has 2 heterocycles. The van der Waals surface area contributed by atoms with Crippen molar-refractivity contribution in [1.29, 1.82) is 0 Å². The summed E-state index contributed by atoms with van der Waals surface area (Å²) in [6.45, 7) is 0. The van der Waals surface area contributed by atoms with Crippen LogP contribution in [0.1, 0.15) is 5.56 Å². The number of hydrogen-bond acceptors (Lipinski definition) is 6. The Morgan fingerprint density at radius 1 is 1.07 bits per heavy atom. The average Bonchev–Trinajstić information content (AvgIpc) is 3.18. The van der Waals surface area contributed by atoms with Crippen molar-refractivity contribution in [2.24, 2.45) is 0 Å². The van der Waals surface area contributed by atoms with Crippen LogP contribution in [0.25, 0.3) is 16.7 Å². The third-order valence-electron chi connectivity index (χ3n) is 4.21. The Morgan fingerprint density at radius 3 is 2.61 bits per heavy atom. The molecule has 140 valence electrons.